The van der Waals surface area contributed by atoms with E-state index in [1.165, 1.54) is 0 Å². The molecule has 0 amide bonds. The first-order valence-electron chi connectivity index (χ1n) is 6.64. The summed E-state index contributed by atoms with van der Waals surface area (Å²) in [5.74, 6) is 1.17. The monoisotopic (exact) mass is 234 g/mol. The minimum Gasteiger partial charge on any atom is -0.455 e. The first kappa shape index (κ1) is 10.1. The lowest BCUT2D eigenvalue weighted by Gasteiger charge is -2.61. The molecule has 0 radical (unpaired) electrons. The molecule has 2 atom stereocenters. The van der Waals surface area contributed by atoms with Crippen molar-refractivity contribution in [1.29, 1.82) is 0 Å². The van der Waals surface area contributed by atoms with Gasteiger partial charge in [-0.25, -0.2) is 4.79 Å². The van der Waals surface area contributed by atoms with E-state index in [-0.39, 0.29) is 11.6 Å². The van der Waals surface area contributed by atoms with Crippen LogP contribution in [0.3, 0.4) is 0 Å². The van der Waals surface area contributed by atoms with Crippen molar-refractivity contribution in [1.82, 2.24) is 0 Å². The molecule has 0 aromatic heterocycles. The predicted octanol–water partition coefficient (Wildman–Crippen LogP) is 1.80. The zero-order valence-electron chi connectivity index (χ0n) is 9.95. The molecule has 0 aromatic rings. The summed E-state index contributed by atoms with van der Waals surface area (Å²) in [5, 5.41) is 10.5. The summed E-state index contributed by atoms with van der Waals surface area (Å²) in [6.07, 6.45) is 5.55. The first-order chi connectivity index (χ1) is 8.01. The van der Waals surface area contributed by atoms with Gasteiger partial charge in [0.05, 0.1) is 5.60 Å². The van der Waals surface area contributed by atoms with Crippen molar-refractivity contribution in [3.05, 3.63) is 12.2 Å². The maximum absolute atomic E-state index is 11.7. The number of esters is 1. The third-order valence-corrected chi connectivity index (χ3v) is 5.60. The van der Waals surface area contributed by atoms with Crippen LogP contribution in [0.25, 0.3) is 0 Å². The van der Waals surface area contributed by atoms with Crippen molar-refractivity contribution in [2.45, 2.75) is 49.7 Å². The molecule has 5 aliphatic rings. The van der Waals surface area contributed by atoms with Crippen LogP contribution in [0, 0.1) is 17.8 Å². The van der Waals surface area contributed by atoms with Crippen LogP contribution in [-0.4, -0.2) is 22.3 Å². The molecule has 2 unspecified atom stereocenters. The van der Waals surface area contributed by atoms with Gasteiger partial charge in [0.25, 0.3) is 0 Å². The van der Waals surface area contributed by atoms with Gasteiger partial charge < -0.3 is 9.84 Å². The summed E-state index contributed by atoms with van der Waals surface area (Å²) in [6, 6.07) is 0. The van der Waals surface area contributed by atoms with Gasteiger partial charge in [-0.05, 0) is 38.0 Å². The Kier molecular flexibility index (Phi) is 1.65. The van der Waals surface area contributed by atoms with E-state index in [0.717, 1.165) is 32.1 Å². The number of hydrogen-bond acceptors (Lipinski definition) is 3. The summed E-state index contributed by atoms with van der Waals surface area (Å²) in [4.78, 5) is 11.7. The van der Waals surface area contributed by atoms with Crippen molar-refractivity contribution in [2.24, 2.45) is 17.8 Å². The molecule has 92 valence electrons. The third kappa shape index (κ3) is 1.13. The average molecular weight is 234 g/mol. The standard InChI is InChI=1S/C14H18O3/c1-8-4-14(17-12(8)15)10-2-9-3-11(14)7-13(16,5-9)6-10/h9-11,16H,1-7H2. The molecule has 5 fully saturated rings. The quantitative estimate of drug-likeness (QED) is 0.513. The van der Waals surface area contributed by atoms with Crippen LogP contribution in [0.15, 0.2) is 12.2 Å². The second-order valence-corrected chi connectivity index (χ2v) is 6.69. The topological polar surface area (TPSA) is 46.5 Å². The molecular weight excluding hydrogens is 216 g/mol. The Balaban J connectivity index is 1.76. The zero-order chi connectivity index (χ0) is 11.8. The average Bonchev–Trinajstić information content (AvgIpc) is 2.51. The largest absolute Gasteiger partial charge is 0.455 e. The number of rotatable bonds is 0. The molecule has 1 aliphatic heterocycles. The Morgan fingerprint density at radius 3 is 2.35 bits per heavy atom. The molecular formula is C14H18O3. The highest BCUT2D eigenvalue weighted by atomic mass is 16.6. The Morgan fingerprint density at radius 1 is 1.24 bits per heavy atom. The van der Waals surface area contributed by atoms with E-state index < -0.39 is 5.60 Å². The van der Waals surface area contributed by atoms with E-state index in [9.17, 15) is 9.90 Å². The molecule has 0 aromatic carbocycles. The van der Waals surface area contributed by atoms with Gasteiger partial charge in [0.2, 0.25) is 0 Å². The van der Waals surface area contributed by atoms with Crippen LogP contribution in [0.4, 0.5) is 0 Å². The molecule has 4 saturated carbocycles. The lowest BCUT2D eigenvalue weighted by atomic mass is 9.47. The van der Waals surface area contributed by atoms with Crippen LogP contribution in [0.2, 0.25) is 0 Å². The molecule has 1 spiro atoms. The highest BCUT2D eigenvalue weighted by Crippen LogP contribution is 2.63. The summed E-state index contributed by atoms with van der Waals surface area (Å²) < 4.78 is 5.73. The molecule has 1 N–H and O–H groups in total. The maximum Gasteiger partial charge on any atom is 0.334 e. The van der Waals surface area contributed by atoms with Crippen molar-refractivity contribution >= 4 is 5.97 Å². The molecule has 1 saturated heterocycles. The molecule has 17 heavy (non-hydrogen) atoms. The second-order valence-electron chi connectivity index (χ2n) is 6.69. The summed E-state index contributed by atoms with van der Waals surface area (Å²) in [5.41, 5.74) is -0.125. The third-order valence-electron chi connectivity index (χ3n) is 5.60. The van der Waals surface area contributed by atoms with Crippen LogP contribution in [0.1, 0.15) is 38.5 Å². The number of ether oxygens (including phenoxy) is 1. The molecule has 4 bridgehead atoms. The predicted molar refractivity (Wildman–Crippen MR) is 61.1 cm³/mol. The highest BCUT2D eigenvalue weighted by molar-refractivity contribution is 5.90. The van der Waals surface area contributed by atoms with Crippen LogP contribution < -0.4 is 0 Å². The number of carbonyl (C=O) groups is 1. The normalized spacial score (nSPS) is 55.7. The van der Waals surface area contributed by atoms with E-state index >= 15 is 0 Å². The van der Waals surface area contributed by atoms with Gasteiger partial charge in [-0.3, -0.25) is 0 Å². The molecule has 1 heterocycles. The minimum absolute atomic E-state index is 0.204. The number of aliphatic hydroxyl groups is 1. The zero-order valence-corrected chi connectivity index (χ0v) is 9.95. The van der Waals surface area contributed by atoms with E-state index in [1.807, 2.05) is 0 Å². The Morgan fingerprint density at radius 2 is 1.88 bits per heavy atom. The summed E-state index contributed by atoms with van der Waals surface area (Å²) in [7, 11) is 0. The van der Waals surface area contributed by atoms with Crippen molar-refractivity contribution < 1.29 is 14.6 Å². The van der Waals surface area contributed by atoms with E-state index in [4.69, 9.17) is 4.74 Å². The minimum atomic E-state index is -0.460. The van der Waals surface area contributed by atoms with Gasteiger partial charge in [0.15, 0.2) is 0 Å². The first-order valence-corrected chi connectivity index (χ1v) is 6.64. The second kappa shape index (κ2) is 2.77. The lowest BCUT2D eigenvalue weighted by Crippen LogP contribution is -2.63. The lowest BCUT2D eigenvalue weighted by molar-refractivity contribution is -0.228. The summed E-state index contributed by atoms with van der Waals surface area (Å²) in [6.45, 7) is 3.82. The van der Waals surface area contributed by atoms with Crippen molar-refractivity contribution in [2.75, 3.05) is 0 Å². The van der Waals surface area contributed by atoms with E-state index in [2.05, 4.69) is 6.58 Å². The van der Waals surface area contributed by atoms with Crippen LogP contribution in [-0.2, 0) is 9.53 Å². The molecule has 3 heteroatoms. The smallest absolute Gasteiger partial charge is 0.334 e. The van der Waals surface area contributed by atoms with E-state index in [0.29, 0.717) is 29.7 Å². The van der Waals surface area contributed by atoms with Crippen LogP contribution >= 0.6 is 0 Å². The maximum atomic E-state index is 11.7. The molecule has 5 rings (SSSR count). The fourth-order valence-corrected chi connectivity index (χ4v) is 5.16. The molecule has 3 nitrogen and oxygen atoms in total. The van der Waals surface area contributed by atoms with Crippen molar-refractivity contribution in [3.63, 3.8) is 0 Å². The Hall–Kier alpha value is -0.830. The van der Waals surface area contributed by atoms with Crippen LogP contribution in [0.5, 0.6) is 0 Å². The van der Waals surface area contributed by atoms with Crippen molar-refractivity contribution in [3.8, 4) is 0 Å². The van der Waals surface area contributed by atoms with Gasteiger partial charge in [0.1, 0.15) is 5.60 Å². The SMILES string of the molecule is C=C1CC2(OC1=O)C1CC3CC2CC(O)(C3)C1. The Bertz CT molecular complexity index is 391. The number of carbonyl (C=O) groups excluding carboxylic acids is 1. The van der Waals surface area contributed by atoms with Gasteiger partial charge in [0, 0.05) is 23.8 Å². The van der Waals surface area contributed by atoms with E-state index in [1.54, 1.807) is 0 Å². The fourth-order valence-electron chi connectivity index (χ4n) is 5.16. The van der Waals surface area contributed by atoms with Gasteiger partial charge in [-0.2, -0.15) is 0 Å². The van der Waals surface area contributed by atoms with Gasteiger partial charge in [-0.15, -0.1) is 0 Å². The number of hydrogen-bond donors (Lipinski definition) is 1. The highest BCUT2D eigenvalue weighted by Gasteiger charge is 2.65. The fraction of sp³-hybridized carbons (Fsp3) is 0.786. The van der Waals surface area contributed by atoms with Gasteiger partial charge in [-0.1, -0.05) is 6.58 Å². The molecule has 4 aliphatic carbocycles. The summed E-state index contributed by atoms with van der Waals surface area (Å²) >= 11 is 0. The van der Waals surface area contributed by atoms with Gasteiger partial charge >= 0.3 is 5.97 Å². The Labute approximate surface area is 101 Å².